The van der Waals surface area contributed by atoms with Crippen LogP contribution < -0.4 is 11.1 Å². The molecule has 1 aliphatic carbocycles. The molecule has 1 saturated heterocycles. The van der Waals surface area contributed by atoms with E-state index in [4.69, 9.17) is 5.73 Å². The third-order valence-electron chi connectivity index (χ3n) is 4.51. The second kappa shape index (κ2) is 6.53. The molecule has 0 spiro atoms. The van der Waals surface area contributed by atoms with Crippen LogP contribution in [0.25, 0.3) is 0 Å². The van der Waals surface area contributed by atoms with E-state index in [0.717, 1.165) is 25.9 Å². The predicted molar refractivity (Wildman–Crippen MR) is 73.2 cm³/mol. The minimum Gasteiger partial charge on any atom is -0.352 e. The van der Waals surface area contributed by atoms with E-state index in [0.29, 0.717) is 24.5 Å². The Morgan fingerprint density at radius 2 is 2.00 bits per heavy atom. The van der Waals surface area contributed by atoms with Gasteiger partial charge in [-0.05, 0) is 45.1 Å². The first-order chi connectivity index (χ1) is 8.69. The molecule has 1 heterocycles. The molecule has 4 heteroatoms. The monoisotopic (exact) mass is 253 g/mol. The topological polar surface area (TPSA) is 58.4 Å². The minimum atomic E-state index is 0.200. The average Bonchev–Trinajstić information content (AvgIpc) is 2.84. The quantitative estimate of drug-likeness (QED) is 0.789. The average molecular weight is 253 g/mol. The number of amides is 1. The maximum atomic E-state index is 12.0. The van der Waals surface area contributed by atoms with Gasteiger partial charge in [0.1, 0.15) is 0 Å². The SMILES string of the molecule is CC1CCC(CN)CN1CC(=O)NC1CCCC1. The first-order valence-corrected chi connectivity index (χ1v) is 7.42. The highest BCUT2D eigenvalue weighted by Gasteiger charge is 2.27. The van der Waals surface area contributed by atoms with Gasteiger partial charge in [-0.25, -0.2) is 0 Å². The largest absolute Gasteiger partial charge is 0.352 e. The molecule has 0 aromatic heterocycles. The lowest BCUT2D eigenvalue weighted by Crippen LogP contribution is -2.49. The van der Waals surface area contributed by atoms with Crippen LogP contribution in [0.5, 0.6) is 0 Å². The first-order valence-electron chi connectivity index (χ1n) is 7.42. The van der Waals surface area contributed by atoms with E-state index in [1.54, 1.807) is 0 Å². The van der Waals surface area contributed by atoms with Gasteiger partial charge >= 0.3 is 0 Å². The molecule has 2 atom stereocenters. The number of nitrogens with zero attached hydrogens (tertiary/aromatic N) is 1. The number of hydrogen-bond acceptors (Lipinski definition) is 3. The molecule has 2 fully saturated rings. The van der Waals surface area contributed by atoms with Crippen LogP contribution in [0.1, 0.15) is 45.4 Å². The molecule has 0 bridgehead atoms. The molecular formula is C14H27N3O. The van der Waals surface area contributed by atoms with Crippen molar-refractivity contribution < 1.29 is 4.79 Å². The summed E-state index contributed by atoms with van der Waals surface area (Å²) in [6.07, 6.45) is 7.22. The first kappa shape index (κ1) is 13.8. The van der Waals surface area contributed by atoms with Gasteiger partial charge in [0, 0.05) is 18.6 Å². The van der Waals surface area contributed by atoms with Crippen molar-refractivity contribution in [3.05, 3.63) is 0 Å². The van der Waals surface area contributed by atoms with Gasteiger partial charge in [0.15, 0.2) is 0 Å². The summed E-state index contributed by atoms with van der Waals surface area (Å²) in [5.74, 6) is 0.770. The van der Waals surface area contributed by atoms with Crippen molar-refractivity contribution in [1.82, 2.24) is 10.2 Å². The lowest BCUT2D eigenvalue weighted by molar-refractivity contribution is -0.124. The number of hydrogen-bond donors (Lipinski definition) is 2. The van der Waals surface area contributed by atoms with Gasteiger partial charge in [0.25, 0.3) is 0 Å². The Morgan fingerprint density at radius 1 is 1.28 bits per heavy atom. The Kier molecular flexibility index (Phi) is 5.01. The highest BCUT2D eigenvalue weighted by atomic mass is 16.2. The molecule has 1 aliphatic heterocycles. The summed E-state index contributed by atoms with van der Waals surface area (Å²) in [5, 5.41) is 3.17. The highest BCUT2D eigenvalue weighted by molar-refractivity contribution is 5.78. The molecule has 18 heavy (non-hydrogen) atoms. The fourth-order valence-electron chi connectivity index (χ4n) is 3.20. The number of piperidine rings is 1. The summed E-state index contributed by atoms with van der Waals surface area (Å²) in [6, 6.07) is 0.949. The second-order valence-electron chi connectivity index (χ2n) is 6.01. The standard InChI is InChI=1S/C14H27N3O/c1-11-6-7-12(8-15)9-17(11)10-14(18)16-13-4-2-3-5-13/h11-13H,2-10,15H2,1H3,(H,16,18). The molecule has 0 aromatic rings. The molecule has 104 valence electrons. The van der Waals surface area contributed by atoms with Gasteiger partial charge in [0.2, 0.25) is 5.91 Å². The van der Waals surface area contributed by atoms with E-state index in [9.17, 15) is 4.79 Å². The van der Waals surface area contributed by atoms with Crippen LogP contribution in [0.15, 0.2) is 0 Å². The van der Waals surface area contributed by atoms with Crippen molar-refractivity contribution in [1.29, 1.82) is 0 Å². The van der Waals surface area contributed by atoms with E-state index in [1.807, 2.05) is 0 Å². The number of carbonyl (C=O) groups excluding carboxylic acids is 1. The van der Waals surface area contributed by atoms with Crippen LogP contribution >= 0.6 is 0 Å². The molecular weight excluding hydrogens is 226 g/mol. The van der Waals surface area contributed by atoms with Gasteiger partial charge < -0.3 is 11.1 Å². The summed E-state index contributed by atoms with van der Waals surface area (Å²) < 4.78 is 0. The van der Waals surface area contributed by atoms with Crippen LogP contribution in [0.3, 0.4) is 0 Å². The zero-order chi connectivity index (χ0) is 13.0. The van der Waals surface area contributed by atoms with Crippen molar-refractivity contribution in [2.24, 2.45) is 11.7 Å². The second-order valence-corrected chi connectivity index (χ2v) is 6.01. The normalized spacial score (nSPS) is 30.6. The number of nitrogens with one attached hydrogen (secondary N) is 1. The van der Waals surface area contributed by atoms with Crippen LogP contribution in [-0.4, -0.2) is 42.5 Å². The Balaban J connectivity index is 1.77. The number of nitrogens with two attached hydrogens (primary N) is 1. The third kappa shape index (κ3) is 3.69. The van der Waals surface area contributed by atoms with Crippen molar-refractivity contribution in [2.45, 2.75) is 57.5 Å². The van der Waals surface area contributed by atoms with E-state index >= 15 is 0 Å². The van der Waals surface area contributed by atoms with Crippen molar-refractivity contribution in [2.75, 3.05) is 19.6 Å². The van der Waals surface area contributed by atoms with Crippen molar-refractivity contribution in [3.8, 4) is 0 Å². The van der Waals surface area contributed by atoms with Gasteiger partial charge in [-0.15, -0.1) is 0 Å². The summed E-state index contributed by atoms with van der Waals surface area (Å²) >= 11 is 0. The van der Waals surface area contributed by atoms with Gasteiger partial charge in [-0.1, -0.05) is 12.8 Å². The zero-order valence-electron chi connectivity index (χ0n) is 11.5. The summed E-state index contributed by atoms with van der Waals surface area (Å²) in [5.41, 5.74) is 5.75. The number of carbonyl (C=O) groups is 1. The Morgan fingerprint density at radius 3 is 2.67 bits per heavy atom. The number of rotatable bonds is 4. The lowest BCUT2D eigenvalue weighted by Gasteiger charge is -2.37. The molecule has 2 aliphatic rings. The molecule has 2 rings (SSSR count). The maximum Gasteiger partial charge on any atom is 0.234 e. The Labute approximate surface area is 110 Å². The maximum absolute atomic E-state index is 12.0. The molecule has 0 radical (unpaired) electrons. The van der Waals surface area contributed by atoms with Gasteiger partial charge in [-0.3, -0.25) is 9.69 Å². The minimum absolute atomic E-state index is 0.200. The molecule has 0 aromatic carbocycles. The lowest BCUT2D eigenvalue weighted by atomic mass is 9.93. The van der Waals surface area contributed by atoms with Crippen LogP contribution in [0, 0.1) is 5.92 Å². The third-order valence-corrected chi connectivity index (χ3v) is 4.51. The molecule has 2 unspecified atom stereocenters. The van der Waals surface area contributed by atoms with Gasteiger partial charge in [-0.2, -0.15) is 0 Å². The van der Waals surface area contributed by atoms with Crippen molar-refractivity contribution >= 4 is 5.91 Å². The van der Waals surface area contributed by atoms with E-state index < -0.39 is 0 Å². The fraction of sp³-hybridized carbons (Fsp3) is 0.929. The predicted octanol–water partition coefficient (Wildman–Crippen LogP) is 1.10. The molecule has 4 nitrogen and oxygen atoms in total. The molecule has 3 N–H and O–H groups in total. The summed E-state index contributed by atoms with van der Waals surface area (Å²) in [6.45, 7) is 4.49. The van der Waals surface area contributed by atoms with Gasteiger partial charge in [0.05, 0.1) is 6.54 Å². The van der Waals surface area contributed by atoms with Crippen LogP contribution in [0.2, 0.25) is 0 Å². The Bertz CT molecular complexity index is 276. The Hall–Kier alpha value is -0.610. The zero-order valence-corrected chi connectivity index (χ0v) is 11.5. The fourth-order valence-corrected chi connectivity index (χ4v) is 3.20. The molecule has 1 saturated carbocycles. The summed E-state index contributed by atoms with van der Waals surface area (Å²) in [4.78, 5) is 14.3. The summed E-state index contributed by atoms with van der Waals surface area (Å²) in [7, 11) is 0. The highest BCUT2D eigenvalue weighted by Crippen LogP contribution is 2.21. The van der Waals surface area contributed by atoms with Crippen LogP contribution in [0.4, 0.5) is 0 Å². The molecule has 1 amide bonds. The smallest absolute Gasteiger partial charge is 0.234 e. The van der Waals surface area contributed by atoms with E-state index in [-0.39, 0.29) is 5.91 Å². The van der Waals surface area contributed by atoms with Crippen LogP contribution in [-0.2, 0) is 4.79 Å². The van der Waals surface area contributed by atoms with E-state index in [2.05, 4.69) is 17.1 Å². The van der Waals surface area contributed by atoms with E-state index in [1.165, 1.54) is 25.7 Å². The van der Waals surface area contributed by atoms with Crippen molar-refractivity contribution in [3.63, 3.8) is 0 Å². The number of likely N-dealkylation sites (tertiary alicyclic amines) is 1.